The minimum absolute atomic E-state index is 0.217. The van der Waals surface area contributed by atoms with Crippen LogP contribution in [0.2, 0.25) is 0 Å². The van der Waals surface area contributed by atoms with Crippen molar-refractivity contribution in [2.75, 3.05) is 34.0 Å². The molecule has 2 N–H and O–H groups in total. The lowest BCUT2D eigenvalue weighted by Gasteiger charge is -2.22. The summed E-state index contributed by atoms with van der Waals surface area (Å²) in [7, 11) is 9.01. The Labute approximate surface area is 108 Å². The summed E-state index contributed by atoms with van der Waals surface area (Å²) in [5.41, 5.74) is 0. The summed E-state index contributed by atoms with van der Waals surface area (Å²) in [4.78, 5) is 0. The number of rotatable bonds is 8. The van der Waals surface area contributed by atoms with Crippen LogP contribution in [-0.4, -0.2) is 66.1 Å². The van der Waals surface area contributed by atoms with Gasteiger partial charge in [0, 0.05) is 26.8 Å². The predicted octanol–water partition coefficient (Wildman–Crippen LogP) is -0.358. The highest BCUT2D eigenvalue weighted by atomic mass is 16.6. The van der Waals surface area contributed by atoms with Crippen LogP contribution in [0.4, 0.5) is 0 Å². The highest BCUT2D eigenvalue weighted by molar-refractivity contribution is 6.11. The first-order valence-electron chi connectivity index (χ1n) is 5.85. The van der Waals surface area contributed by atoms with Gasteiger partial charge in [0.25, 0.3) is 0 Å². The molecule has 0 aromatic heterocycles. The predicted molar refractivity (Wildman–Crippen MR) is 65.4 cm³/mol. The number of hydrogen-bond acceptors (Lipinski definition) is 6. The Bertz CT molecular complexity index is 257. The van der Waals surface area contributed by atoms with E-state index in [1.807, 2.05) is 0 Å². The largest absolute Gasteiger partial charge is 0.382 e. The van der Waals surface area contributed by atoms with Gasteiger partial charge in [-0.15, -0.1) is 0 Å². The Hall–Kier alpha value is -0.695. The van der Waals surface area contributed by atoms with Gasteiger partial charge in [0.2, 0.25) is 0 Å². The second-order valence-corrected chi connectivity index (χ2v) is 3.96. The van der Waals surface area contributed by atoms with Crippen LogP contribution >= 0.6 is 0 Å². The van der Waals surface area contributed by atoms with E-state index < -0.39 is 6.00 Å². The molecule has 0 aromatic rings. The summed E-state index contributed by atoms with van der Waals surface area (Å²) >= 11 is 0. The van der Waals surface area contributed by atoms with E-state index in [1.54, 1.807) is 14.2 Å². The van der Waals surface area contributed by atoms with Crippen LogP contribution < -0.4 is 5.84 Å². The van der Waals surface area contributed by atoms with Crippen LogP contribution in [0.25, 0.3) is 0 Å². The molecule has 8 heteroatoms. The highest BCUT2D eigenvalue weighted by Crippen LogP contribution is 2.25. The van der Waals surface area contributed by atoms with Crippen molar-refractivity contribution in [1.29, 1.82) is 0 Å². The fraction of sp³-hybridized carbons (Fsp3) is 1.00. The summed E-state index contributed by atoms with van der Waals surface area (Å²) in [5, 5.41) is 6.83. The Morgan fingerprint density at radius 1 is 1.33 bits per heavy atom. The van der Waals surface area contributed by atoms with Gasteiger partial charge in [-0.2, -0.15) is 5.11 Å². The fourth-order valence-electron chi connectivity index (χ4n) is 1.94. The Morgan fingerprint density at radius 2 is 2.11 bits per heavy atom. The molecule has 102 valence electrons. The van der Waals surface area contributed by atoms with E-state index in [0.29, 0.717) is 19.8 Å². The standard InChI is InChI=1S/C10H20BN3O4/c1-15-6-7-8(9(16-2)10(11)18-7)17-5-3-4-13-14-12/h7-10H,3-6H2,1-2H3,(H2,12,13)/t7-,8-,9-,10-/m1/s1. The number of hydrogen-bond donors (Lipinski definition) is 1. The fourth-order valence-corrected chi connectivity index (χ4v) is 1.94. The highest BCUT2D eigenvalue weighted by Gasteiger charge is 2.42. The Balaban J connectivity index is 2.41. The second kappa shape index (κ2) is 8.41. The molecule has 18 heavy (non-hydrogen) atoms. The van der Waals surface area contributed by atoms with E-state index in [2.05, 4.69) is 10.3 Å². The van der Waals surface area contributed by atoms with Gasteiger partial charge < -0.3 is 24.8 Å². The van der Waals surface area contributed by atoms with Crippen molar-refractivity contribution in [3.8, 4) is 0 Å². The maximum atomic E-state index is 5.82. The zero-order valence-corrected chi connectivity index (χ0v) is 10.8. The summed E-state index contributed by atoms with van der Waals surface area (Å²) < 4.78 is 21.6. The number of methoxy groups -OCH3 is 2. The molecule has 2 radical (unpaired) electrons. The molecule has 7 nitrogen and oxygen atoms in total. The molecule has 1 fully saturated rings. The number of ether oxygens (including phenoxy) is 4. The Morgan fingerprint density at radius 3 is 2.72 bits per heavy atom. The Kier molecular flexibility index (Phi) is 7.18. The van der Waals surface area contributed by atoms with E-state index >= 15 is 0 Å². The van der Waals surface area contributed by atoms with Gasteiger partial charge in [0.1, 0.15) is 26.2 Å². The first-order valence-corrected chi connectivity index (χ1v) is 5.85. The van der Waals surface area contributed by atoms with Crippen molar-refractivity contribution < 1.29 is 18.9 Å². The van der Waals surface area contributed by atoms with Gasteiger partial charge in [0.05, 0.1) is 13.2 Å². The molecular formula is C10H20BN3O4. The molecule has 0 aromatic carbocycles. The van der Waals surface area contributed by atoms with Crippen LogP contribution in [0.1, 0.15) is 6.42 Å². The van der Waals surface area contributed by atoms with E-state index in [1.165, 1.54) is 0 Å². The number of nitrogens with zero attached hydrogens (tertiary/aromatic N) is 2. The zero-order chi connectivity index (χ0) is 13.4. The molecule has 0 amide bonds. The van der Waals surface area contributed by atoms with Gasteiger partial charge in [0.15, 0.2) is 0 Å². The minimum atomic E-state index is -0.496. The smallest absolute Gasteiger partial charge is 0.114 e. The SMILES string of the molecule is [B][C@@H]1O[C@H](COC)[C@@H](OCCCN=NN)[C@H]1OC. The average Bonchev–Trinajstić information content (AvgIpc) is 2.65. The number of nitrogens with two attached hydrogens (primary N) is 1. The molecule has 0 bridgehead atoms. The van der Waals surface area contributed by atoms with Crippen molar-refractivity contribution in [2.24, 2.45) is 16.2 Å². The van der Waals surface area contributed by atoms with Crippen molar-refractivity contribution >= 4 is 7.85 Å². The average molecular weight is 257 g/mol. The normalized spacial score (nSPS) is 32.3. The molecule has 4 atom stereocenters. The molecule has 1 aliphatic heterocycles. The first-order chi connectivity index (χ1) is 8.74. The topological polar surface area (TPSA) is 87.7 Å². The third-order valence-corrected chi connectivity index (χ3v) is 2.74. The summed E-state index contributed by atoms with van der Waals surface area (Å²) in [6.07, 6.45) is -0.0186. The zero-order valence-electron chi connectivity index (χ0n) is 10.8. The van der Waals surface area contributed by atoms with Gasteiger partial charge in [-0.25, -0.2) is 0 Å². The molecule has 0 unspecified atom stereocenters. The molecule has 1 rings (SSSR count). The van der Waals surface area contributed by atoms with E-state index in [0.717, 1.165) is 6.42 Å². The lowest BCUT2D eigenvalue weighted by molar-refractivity contribution is -0.0661. The molecular weight excluding hydrogens is 237 g/mol. The molecule has 1 heterocycles. The van der Waals surface area contributed by atoms with E-state index in [4.69, 9.17) is 32.6 Å². The molecule has 1 saturated heterocycles. The third-order valence-electron chi connectivity index (χ3n) is 2.74. The maximum absolute atomic E-state index is 5.82. The lowest BCUT2D eigenvalue weighted by Crippen LogP contribution is -2.38. The maximum Gasteiger partial charge on any atom is 0.114 e. The molecule has 0 saturated carbocycles. The molecule has 0 spiro atoms. The third kappa shape index (κ3) is 4.20. The summed E-state index contributed by atoms with van der Waals surface area (Å²) in [6, 6.07) is -0.496. The van der Waals surface area contributed by atoms with Gasteiger partial charge in [-0.1, -0.05) is 5.22 Å². The molecule has 1 aliphatic rings. The van der Waals surface area contributed by atoms with E-state index in [9.17, 15) is 0 Å². The van der Waals surface area contributed by atoms with Crippen LogP contribution in [-0.2, 0) is 18.9 Å². The van der Waals surface area contributed by atoms with Crippen LogP contribution in [0.5, 0.6) is 0 Å². The van der Waals surface area contributed by atoms with Gasteiger partial charge >= 0.3 is 0 Å². The minimum Gasteiger partial charge on any atom is -0.382 e. The molecule has 0 aliphatic carbocycles. The van der Waals surface area contributed by atoms with Crippen molar-refractivity contribution in [1.82, 2.24) is 0 Å². The van der Waals surface area contributed by atoms with Crippen molar-refractivity contribution in [3.05, 3.63) is 0 Å². The van der Waals surface area contributed by atoms with Crippen molar-refractivity contribution in [2.45, 2.75) is 30.7 Å². The van der Waals surface area contributed by atoms with Gasteiger partial charge in [-0.3, -0.25) is 0 Å². The first kappa shape index (κ1) is 15.4. The van der Waals surface area contributed by atoms with Crippen molar-refractivity contribution in [3.63, 3.8) is 0 Å². The van der Waals surface area contributed by atoms with Crippen LogP contribution in [0, 0.1) is 0 Å². The van der Waals surface area contributed by atoms with Crippen LogP contribution in [0.15, 0.2) is 10.3 Å². The lowest BCUT2D eigenvalue weighted by atomic mass is 9.93. The summed E-state index contributed by atoms with van der Waals surface area (Å²) in [6.45, 7) is 1.46. The monoisotopic (exact) mass is 257 g/mol. The second-order valence-electron chi connectivity index (χ2n) is 3.96. The van der Waals surface area contributed by atoms with Crippen LogP contribution in [0.3, 0.4) is 0 Å². The summed E-state index contributed by atoms with van der Waals surface area (Å²) in [5.74, 6) is 4.90. The van der Waals surface area contributed by atoms with E-state index in [-0.39, 0.29) is 18.3 Å². The quantitative estimate of drug-likeness (QED) is 0.211. The van der Waals surface area contributed by atoms with Gasteiger partial charge in [-0.05, 0) is 6.42 Å².